The summed E-state index contributed by atoms with van der Waals surface area (Å²) in [4.78, 5) is 14.7. The SMILES string of the molecule is O=C(Cc1ccccc1Br)c1cc2c(s1)CCCC2. The van der Waals surface area contributed by atoms with Crippen molar-refractivity contribution in [1.29, 1.82) is 0 Å². The molecule has 1 aliphatic rings. The molecule has 1 aliphatic carbocycles. The summed E-state index contributed by atoms with van der Waals surface area (Å²) < 4.78 is 1.02. The molecule has 0 radical (unpaired) electrons. The summed E-state index contributed by atoms with van der Waals surface area (Å²) in [5.41, 5.74) is 2.48. The topological polar surface area (TPSA) is 17.1 Å². The van der Waals surface area contributed by atoms with Gasteiger partial charge < -0.3 is 0 Å². The highest BCUT2D eigenvalue weighted by molar-refractivity contribution is 9.10. The van der Waals surface area contributed by atoms with Gasteiger partial charge in [0.1, 0.15) is 0 Å². The maximum atomic E-state index is 12.4. The Morgan fingerprint density at radius 1 is 1.21 bits per heavy atom. The molecule has 0 bridgehead atoms. The minimum atomic E-state index is 0.242. The predicted molar refractivity (Wildman–Crippen MR) is 83.1 cm³/mol. The molecule has 0 unspecified atom stereocenters. The average molecular weight is 335 g/mol. The minimum Gasteiger partial charge on any atom is -0.293 e. The predicted octanol–water partition coefficient (Wildman–Crippen LogP) is 4.81. The fourth-order valence-corrected chi connectivity index (χ4v) is 4.15. The molecule has 0 aliphatic heterocycles. The van der Waals surface area contributed by atoms with Crippen LogP contribution in [0.1, 0.15) is 38.5 Å². The van der Waals surface area contributed by atoms with Crippen LogP contribution >= 0.6 is 27.3 Å². The molecular formula is C16H15BrOS. The van der Waals surface area contributed by atoms with Crippen LogP contribution in [0.4, 0.5) is 0 Å². The number of carbonyl (C=O) groups excluding carboxylic acids is 1. The maximum absolute atomic E-state index is 12.4. The molecule has 98 valence electrons. The second kappa shape index (κ2) is 5.59. The number of hydrogen-bond acceptors (Lipinski definition) is 2. The summed E-state index contributed by atoms with van der Waals surface area (Å²) in [5.74, 6) is 0.242. The molecule has 3 rings (SSSR count). The normalized spacial score (nSPS) is 14.2. The van der Waals surface area contributed by atoms with E-state index in [0.717, 1.165) is 27.8 Å². The van der Waals surface area contributed by atoms with Gasteiger partial charge in [0, 0.05) is 15.8 Å². The highest BCUT2D eigenvalue weighted by Crippen LogP contribution is 2.30. The Bertz CT molecular complexity index is 591. The fraction of sp³-hybridized carbons (Fsp3) is 0.312. The number of halogens is 1. The van der Waals surface area contributed by atoms with E-state index in [0.29, 0.717) is 6.42 Å². The van der Waals surface area contributed by atoms with Crippen LogP contribution in [0.15, 0.2) is 34.8 Å². The summed E-state index contributed by atoms with van der Waals surface area (Å²) >= 11 is 5.21. The number of carbonyl (C=O) groups is 1. The van der Waals surface area contributed by atoms with Gasteiger partial charge in [-0.3, -0.25) is 4.79 Å². The summed E-state index contributed by atoms with van der Waals surface area (Å²) in [6.07, 6.45) is 5.32. The van der Waals surface area contributed by atoms with Crippen molar-refractivity contribution in [1.82, 2.24) is 0 Å². The fourth-order valence-electron chi connectivity index (χ4n) is 2.53. The standard InChI is InChI=1S/C16H15BrOS/c17-13-7-3-1-5-11(13)9-14(18)16-10-12-6-2-4-8-15(12)19-16/h1,3,5,7,10H,2,4,6,8-9H2. The van der Waals surface area contributed by atoms with Crippen LogP contribution in [-0.4, -0.2) is 5.78 Å². The van der Waals surface area contributed by atoms with Crippen molar-refractivity contribution in [2.75, 3.05) is 0 Å². The molecule has 0 amide bonds. The summed E-state index contributed by atoms with van der Waals surface area (Å²) in [7, 11) is 0. The molecule has 1 aromatic carbocycles. The first-order chi connectivity index (χ1) is 9.24. The van der Waals surface area contributed by atoms with Crippen LogP contribution in [0.3, 0.4) is 0 Å². The van der Waals surface area contributed by atoms with E-state index in [1.54, 1.807) is 11.3 Å². The number of rotatable bonds is 3. The Morgan fingerprint density at radius 3 is 2.79 bits per heavy atom. The van der Waals surface area contributed by atoms with Crippen molar-refractivity contribution in [3.63, 3.8) is 0 Å². The first-order valence-electron chi connectivity index (χ1n) is 6.62. The molecule has 1 nitrogen and oxygen atoms in total. The van der Waals surface area contributed by atoms with E-state index in [1.807, 2.05) is 24.3 Å². The quantitative estimate of drug-likeness (QED) is 0.736. The van der Waals surface area contributed by atoms with Crippen molar-refractivity contribution < 1.29 is 4.79 Å². The van der Waals surface area contributed by atoms with E-state index in [4.69, 9.17) is 0 Å². The highest BCUT2D eigenvalue weighted by atomic mass is 79.9. The van der Waals surface area contributed by atoms with Crippen molar-refractivity contribution in [3.8, 4) is 0 Å². The van der Waals surface area contributed by atoms with Gasteiger partial charge in [0.05, 0.1) is 4.88 Å². The van der Waals surface area contributed by atoms with Crippen LogP contribution in [0.25, 0.3) is 0 Å². The lowest BCUT2D eigenvalue weighted by Gasteiger charge is -2.08. The van der Waals surface area contributed by atoms with E-state index < -0.39 is 0 Å². The van der Waals surface area contributed by atoms with Crippen LogP contribution < -0.4 is 0 Å². The zero-order chi connectivity index (χ0) is 13.2. The Morgan fingerprint density at radius 2 is 2.00 bits per heavy atom. The van der Waals surface area contributed by atoms with Gasteiger partial charge in [-0.05, 0) is 48.9 Å². The largest absolute Gasteiger partial charge is 0.293 e. The van der Waals surface area contributed by atoms with Gasteiger partial charge in [0.15, 0.2) is 5.78 Å². The number of fused-ring (bicyclic) bond motifs is 1. The van der Waals surface area contributed by atoms with Gasteiger partial charge in [-0.15, -0.1) is 11.3 Å². The molecule has 1 aromatic heterocycles. The van der Waals surface area contributed by atoms with Gasteiger partial charge >= 0.3 is 0 Å². The molecule has 0 atom stereocenters. The van der Waals surface area contributed by atoms with Crippen LogP contribution in [0.5, 0.6) is 0 Å². The Labute approximate surface area is 125 Å². The molecule has 19 heavy (non-hydrogen) atoms. The third kappa shape index (κ3) is 2.82. The van der Waals surface area contributed by atoms with Gasteiger partial charge in [-0.1, -0.05) is 34.1 Å². The van der Waals surface area contributed by atoms with Gasteiger partial charge in [-0.25, -0.2) is 0 Å². The lowest BCUT2D eigenvalue weighted by atomic mass is 9.98. The van der Waals surface area contributed by atoms with Crippen LogP contribution in [0.2, 0.25) is 0 Å². The summed E-state index contributed by atoms with van der Waals surface area (Å²) in [6.45, 7) is 0. The number of ketones is 1. The van der Waals surface area contributed by atoms with Gasteiger partial charge in [0.25, 0.3) is 0 Å². The molecule has 2 aromatic rings. The van der Waals surface area contributed by atoms with Gasteiger partial charge in [-0.2, -0.15) is 0 Å². The van der Waals surface area contributed by atoms with E-state index in [2.05, 4.69) is 22.0 Å². The monoisotopic (exact) mass is 334 g/mol. The third-order valence-corrected chi connectivity index (χ3v) is 5.63. The molecule has 1 heterocycles. The Hall–Kier alpha value is -0.930. The Balaban J connectivity index is 1.81. The lowest BCUT2D eigenvalue weighted by Crippen LogP contribution is -2.01. The maximum Gasteiger partial charge on any atom is 0.177 e. The second-order valence-corrected chi connectivity index (χ2v) is 6.95. The minimum absolute atomic E-state index is 0.242. The van der Waals surface area contributed by atoms with Crippen LogP contribution in [-0.2, 0) is 19.3 Å². The first-order valence-corrected chi connectivity index (χ1v) is 8.23. The van der Waals surface area contributed by atoms with E-state index >= 15 is 0 Å². The molecule has 3 heteroatoms. The summed E-state index contributed by atoms with van der Waals surface area (Å²) in [6, 6.07) is 10.1. The number of benzene rings is 1. The van der Waals surface area contributed by atoms with Crippen molar-refractivity contribution in [3.05, 3.63) is 55.7 Å². The molecular weight excluding hydrogens is 320 g/mol. The number of thiophene rings is 1. The number of Topliss-reactive ketones (excluding diaryl/α,β-unsaturated/α-hetero) is 1. The zero-order valence-electron chi connectivity index (χ0n) is 10.6. The zero-order valence-corrected chi connectivity index (χ0v) is 13.0. The highest BCUT2D eigenvalue weighted by Gasteiger charge is 2.17. The second-order valence-electron chi connectivity index (χ2n) is 4.96. The van der Waals surface area contributed by atoms with Gasteiger partial charge in [0.2, 0.25) is 0 Å². The molecule has 0 saturated carbocycles. The molecule has 0 saturated heterocycles. The lowest BCUT2D eigenvalue weighted by molar-refractivity contribution is 0.0996. The van der Waals surface area contributed by atoms with E-state index in [9.17, 15) is 4.79 Å². The number of hydrogen-bond donors (Lipinski definition) is 0. The smallest absolute Gasteiger partial charge is 0.177 e. The first kappa shape index (κ1) is 13.1. The molecule has 0 spiro atoms. The van der Waals surface area contributed by atoms with Crippen molar-refractivity contribution in [2.45, 2.75) is 32.1 Å². The molecule has 0 N–H and O–H groups in total. The van der Waals surface area contributed by atoms with Crippen LogP contribution in [0, 0.1) is 0 Å². The van der Waals surface area contributed by atoms with Crippen molar-refractivity contribution in [2.24, 2.45) is 0 Å². The summed E-state index contributed by atoms with van der Waals surface area (Å²) in [5, 5.41) is 0. The average Bonchev–Trinajstić information content (AvgIpc) is 2.85. The van der Waals surface area contributed by atoms with Crippen molar-refractivity contribution >= 4 is 33.0 Å². The Kier molecular flexibility index (Phi) is 3.85. The number of aryl methyl sites for hydroxylation is 2. The van der Waals surface area contributed by atoms with E-state index in [1.165, 1.54) is 23.3 Å². The molecule has 0 fully saturated rings. The third-order valence-electron chi connectivity index (χ3n) is 3.58. The van der Waals surface area contributed by atoms with E-state index in [-0.39, 0.29) is 5.78 Å².